The second-order valence-corrected chi connectivity index (χ2v) is 7.23. The number of hydrogen-bond acceptors (Lipinski definition) is 4. The second kappa shape index (κ2) is 7.54. The molecule has 1 aromatic heterocycles. The van der Waals surface area contributed by atoms with Gasteiger partial charge in [0.2, 0.25) is 5.91 Å². The number of aromatic amines is 1. The van der Waals surface area contributed by atoms with Gasteiger partial charge in [-0.2, -0.15) is 5.10 Å². The Hall–Kier alpha value is -3.41. The first kappa shape index (κ1) is 18.9. The summed E-state index contributed by atoms with van der Waals surface area (Å²) in [6.07, 6.45) is 0.494. The summed E-state index contributed by atoms with van der Waals surface area (Å²) in [5.41, 5.74) is 3.94. The van der Waals surface area contributed by atoms with E-state index >= 15 is 0 Å². The quantitative estimate of drug-likeness (QED) is 0.735. The monoisotopic (exact) mass is 389 g/mol. The molecule has 2 heterocycles. The lowest BCUT2D eigenvalue weighted by molar-refractivity contribution is -0.130. The molecule has 6 heteroatoms. The maximum Gasteiger partial charge on any atom is 0.253 e. The molecule has 0 saturated heterocycles. The number of fused-ring (bicyclic) bond motifs is 1. The first-order valence-corrected chi connectivity index (χ1v) is 9.70. The zero-order valence-electron chi connectivity index (χ0n) is 16.7. The average Bonchev–Trinajstić information content (AvgIpc) is 3.13. The SMILES string of the molecule is CCOc1ccc2cc([C@H]3CC(c4ccc(C)cc4)=NN3C(C)=O)c(=O)[nH]c2c1. The van der Waals surface area contributed by atoms with Crippen LogP contribution in [0.3, 0.4) is 0 Å². The fraction of sp³-hybridized carbons (Fsp3) is 0.261. The number of carbonyl (C=O) groups excluding carboxylic acids is 1. The van der Waals surface area contributed by atoms with E-state index in [9.17, 15) is 9.59 Å². The first-order chi connectivity index (χ1) is 14.0. The van der Waals surface area contributed by atoms with Gasteiger partial charge in [-0.15, -0.1) is 0 Å². The third kappa shape index (κ3) is 3.66. The first-order valence-electron chi connectivity index (χ1n) is 9.70. The van der Waals surface area contributed by atoms with Crippen molar-refractivity contribution in [3.8, 4) is 5.75 Å². The predicted octanol–water partition coefficient (Wildman–Crippen LogP) is 3.93. The summed E-state index contributed by atoms with van der Waals surface area (Å²) < 4.78 is 5.51. The molecule has 0 unspecified atom stereocenters. The number of carbonyl (C=O) groups is 1. The van der Waals surface area contributed by atoms with Crippen molar-refractivity contribution in [1.82, 2.24) is 9.99 Å². The van der Waals surface area contributed by atoms with Crippen LogP contribution < -0.4 is 10.3 Å². The van der Waals surface area contributed by atoms with E-state index in [0.717, 1.165) is 22.2 Å². The van der Waals surface area contributed by atoms with Crippen LogP contribution in [0.2, 0.25) is 0 Å². The van der Waals surface area contributed by atoms with E-state index in [2.05, 4.69) is 10.1 Å². The van der Waals surface area contributed by atoms with Crippen LogP contribution in [0.4, 0.5) is 0 Å². The Balaban J connectivity index is 1.73. The van der Waals surface area contributed by atoms with E-state index in [1.165, 1.54) is 11.9 Å². The van der Waals surface area contributed by atoms with Gasteiger partial charge in [-0.25, -0.2) is 5.01 Å². The maximum absolute atomic E-state index is 12.9. The molecule has 0 radical (unpaired) electrons. The van der Waals surface area contributed by atoms with Gasteiger partial charge in [0.05, 0.1) is 23.9 Å². The highest BCUT2D eigenvalue weighted by atomic mass is 16.5. The summed E-state index contributed by atoms with van der Waals surface area (Å²) in [6, 6.07) is 15.0. The van der Waals surface area contributed by atoms with Crippen LogP contribution >= 0.6 is 0 Å². The van der Waals surface area contributed by atoms with Gasteiger partial charge in [-0.05, 0) is 43.0 Å². The molecular weight excluding hydrogens is 366 g/mol. The lowest BCUT2D eigenvalue weighted by Gasteiger charge is -2.20. The van der Waals surface area contributed by atoms with Crippen molar-refractivity contribution in [2.75, 3.05) is 6.61 Å². The van der Waals surface area contributed by atoms with Crippen LogP contribution in [0.5, 0.6) is 5.75 Å². The number of hydrazone groups is 1. The van der Waals surface area contributed by atoms with Gasteiger partial charge in [-0.1, -0.05) is 29.8 Å². The molecule has 148 valence electrons. The fourth-order valence-electron chi connectivity index (χ4n) is 3.66. The standard InChI is InChI=1S/C23H23N3O3/c1-4-29-18-10-9-17-11-19(23(28)24-20(17)12-18)22-13-21(25-26(22)15(3)27)16-7-5-14(2)6-8-16/h5-12,22H,4,13H2,1-3H3,(H,24,28)/t22-/m1/s1. The average molecular weight is 389 g/mol. The summed E-state index contributed by atoms with van der Waals surface area (Å²) in [5.74, 6) is 0.517. The Kier molecular flexibility index (Phi) is 4.92. The molecule has 29 heavy (non-hydrogen) atoms. The van der Waals surface area contributed by atoms with Crippen LogP contribution in [0.25, 0.3) is 10.9 Å². The molecule has 1 N–H and O–H groups in total. The van der Waals surface area contributed by atoms with Crippen molar-refractivity contribution in [3.63, 3.8) is 0 Å². The molecule has 0 bridgehead atoms. The minimum absolute atomic E-state index is 0.191. The number of aromatic nitrogens is 1. The maximum atomic E-state index is 12.9. The number of rotatable bonds is 4. The number of ether oxygens (including phenoxy) is 1. The van der Waals surface area contributed by atoms with Crippen LogP contribution in [0.1, 0.15) is 43.0 Å². The van der Waals surface area contributed by atoms with E-state index < -0.39 is 6.04 Å². The van der Waals surface area contributed by atoms with Crippen LogP contribution in [-0.2, 0) is 4.79 Å². The molecule has 0 aliphatic carbocycles. The summed E-state index contributed by atoms with van der Waals surface area (Å²) >= 11 is 0. The lowest BCUT2D eigenvalue weighted by atomic mass is 9.98. The van der Waals surface area contributed by atoms with Crippen molar-refractivity contribution in [2.45, 2.75) is 33.2 Å². The summed E-state index contributed by atoms with van der Waals surface area (Å²) in [7, 11) is 0. The number of nitrogens with zero attached hydrogens (tertiary/aromatic N) is 2. The van der Waals surface area contributed by atoms with Crippen LogP contribution in [0, 0.1) is 6.92 Å². The van der Waals surface area contributed by atoms with E-state index in [0.29, 0.717) is 29.9 Å². The summed E-state index contributed by atoms with van der Waals surface area (Å²) in [6.45, 7) is 5.97. The summed E-state index contributed by atoms with van der Waals surface area (Å²) in [4.78, 5) is 28.0. The van der Waals surface area contributed by atoms with Crippen molar-refractivity contribution < 1.29 is 9.53 Å². The molecule has 4 rings (SSSR count). The molecule has 1 amide bonds. The zero-order valence-corrected chi connectivity index (χ0v) is 16.7. The number of amides is 1. The van der Waals surface area contributed by atoms with Gasteiger partial charge in [0, 0.05) is 25.0 Å². The van der Waals surface area contributed by atoms with Gasteiger partial charge in [0.25, 0.3) is 5.56 Å². The Morgan fingerprint density at radius 1 is 1.21 bits per heavy atom. The third-order valence-corrected chi connectivity index (χ3v) is 5.13. The molecule has 1 atom stereocenters. The van der Waals surface area contributed by atoms with Gasteiger partial charge in [0.15, 0.2) is 0 Å². The van der Waals surface area contributed by atoms with E-state index in [4.69, 9.17) is 4.74 Å². The van der Waals surface area contributed by atoms with Gasteiger partial charge in [-0.3, -0.25) is 9.59 Å². The molecule has 1 aliphatic rings. The largest absolute Gasteiger partial charge is 0.494 e. The molecule has 0 saturated carbocycles. The van der Waals surface area contributed by atoms with E-state index in [1.807, 2.05) is 62.4 Å². The molecule has 2 aromatic carbocycles. The normalized spacial score (nSPS) is 16.2. The van der Waals surface area contributed by atoms with Gasteiger partial charge in [0.1, 0.15) is 5.75 Å². The summed E-state index contributed by atoms with van der Waals surface area (Å²) in [5, 5.41) is 6.83. The number of benzene rings is 2. The Morgan fingerprint density at radius 2 is 1.97 bits per heavy atom. The van der Waals surface area contributed by atoms with Crippen molar-refractivity contribution in [3.05, 3.63) is 75.6 Å². The highest BCUT2D eigenvalue weighted by molar-refractivity contribution is 6.03. The lowest BCUT2D eigenvalue weighted by Crippen LogP contribution is -2.29. The highest BCUT2D eigenvalue weighted by Crippen LogP contribution is 2.32. The van der Waals surface area contributed by atoms with Gasteiger partial charge < -0.3 is 9.72 Å². The number of hydrogen-bond donors (Lipinski definition) is 1. The number of aryl methyl sites for hydroxylation is 1. The molecule has 3 aromatic rings. The van der Waals surface area contributed by atoms with E-state index in [1.54, 1.807) is 0 Å². The zero-order chi connectivity index (χ0) is 20.5. The Bertz CT molecular complexity index is 1160. The van der Waals surface area contributed by atoms with Crippen molar-refractivity contribution in [1.29, 1.82) is 0 Å². The molecule has 0 fully saturated rings. The van der Waals surface area contributed by atoms with Crippen LogP contribution in [-0.4, -0.2) is 28.2 Å². The van der Waals surface area contributed by atoms with Gasteiger partial charge >= 0.3 is 0 Å². The second-order valence-electron chi connectivity index (χ2n) is 7.23. The number of nitrogens with one attached hydrogen (secondary N) is 1. The minimum atomic E-state index is -0.427. The molecule has 1 aliphatic heterocycles. The smallest absolute Gasteiger partial charge is 0.253 e. The van der Waals surface area contributed by atoms with E-state index in [-0.39, 0.29) is 11.5 Å². The minimum Gasteiger partial charge on any atom is -0.494 e. The van der Waals surface area contributed by atoms with Crippen molar-refractivity contribution in [2.24, 2.45) is 5.10 Å². The topological polar surface area (TPSA) is 74.8 Å². The molecule has 0 spiro atoms. The number of pyridine rings is 1. The van der Waals surface area contributed by atoms with Crippen LogP contribution in [0.15, 0.2) is 58.4 Å². The third-order valence-electron chi connectivity index (χ3n) is 5.13. The van der Waals surface area contributed by atoms with Crippen molar-refractivity contribution >= 4 is 22.5 Å². The Labute approximate surface area is 168 Å². The molecule has 6 nitrogen and oxygen atoms in total. The molecular formula is C23H23N3O3. The highest BCUT2D eigenvalue weighted by Gasteiger charge is 2.33. The fourth-order valence-corrected chi connectivity index (χ4v) is 3.66. The Morgan fingerprint density at radius 3 is 2.66 bits per heavy atom. The number of H-pyrrole nitrogens is 1. The predicted molar refractivity (Wildman–Crippen MR) is 113 cm³/mol.